The Labute approximate surface area is 118 Å². The molecule has 108 valence electrons. The molecule has 3 rings (SSSR count). The molecule has 0 unspecified atom stereocenters. The first-order valence-electron chi connectivity index (χ1n) is 7.25. The van der Waals surface area contributed by atoms with E-state index in [1.54, 1.807) is 0 Å². The Kier molecular flexibility index (Phi) is 3.82. The van der Waals surface area contributed by atoms with Crippen LogP contribution in [0, 0.1) is 6.92 Å². The lowest BCUT2D eigenvalue weighted by molar-refractivity contribution is 0.275. The first kappa shape index (κ1) is 13.3. The summed E-state index contributed by atoms with van der Waals surface area (Å²) in [5.41, 5.74) is 3.93. The van der Waals surface area contributed by atoms with Gasteiger partial charge in [0.05, 0.1) is 12.2 Å². The molecule has 1 aliphatic rings. The molecule has 2 aromatic rings. The van der Waals surface area contributed by atoms with Crippen LogP contribution in [0.25, 0.3) is 0 Å². The van der Waals surface area contributed by atoms with E-state index in [-0.39, 0.29) is 0 Å². The molecular formula is C14H21N5O. The molecule has 20 heavy (non-hydrogen) atoms. The number of hydrogen-bond donors (Lipinski definition) is 1. The Morgan fingerprint density at radius 2 is 2.00 bits per heavy atom. The second kappa shape index (κ2) is 5.75. The van der Waals surface area contributed by atoms with Crippen molar-refractivity contribution in [3.8, 4) is 0 Å². The monoisotopic (exact) mass is 275 g/mol. The molecule has 2 aromatic heterocycles. The van der Waals surface area contributed by atoms with Crippen LogP contribution in [0.1, 0.15) is 48.0 Å². The number of aromatic amines is 1. The molecule has 0 amide bonds. The topological polar surface area (TPSA) is 70.8 Å². The number of aryl methyl sites for hydroxylation is 2. The van der Waals surface area contributed by atoms with Gasteiger partial charge in [0.15, 0.2) is 0 Å². The van der Waals surface area contributed by atoms with Gasteiger partial charge in [-0.1, -0.05) is 6.42 Å². The maximum Gasteiger partial charge on any atom is 0.230 e. The SMILES string of the molecule is Cc1nnc(CN(C)Cc2n[nH]c3c2CCCCC3)o1. The van der Waals surface area contributed by atoms with Crippen molar-refractivity contribution in [3.05, 3.63) is 28.7 Å². The predicted molar refractivity (Wildman–Crippen MR) is 74.1 cm³/mol. The number of fused-ring (bicyclic) bond motifs is 1. The fourth-order valence-corrected chi connectivity index (χ4v) is 2.80. The van der Waals surface area contributed by atoms with Gasteiger partial charge in [-0.15, -0.1) is 10.2 Å². The minimum absolute atomic E-state index is 0.613. The summed E-state index contributed by atoms with van der Waals surface area (Å²) < 4.78 is 5.41. The highest BCUT2D eigenvalue weighted by Gasteiger charge is 2.17. The number of aromatic nitrogens is 4. The fourth-order valence-electron chi connectivity index (χ4n) is 2.80. The summed E-state index contributed by atoms with van der Waals surface area (Å²) in [5, 5.41) is 15.6. The third-order valence-electron chi connectivity index (χ3n) is 3.78. The average molecular weight is 275 g/mol. The number of H-pyrrole nitrogens is 1. The lowest BCUT2D eigenvalue weighted by atomic mass is 10.1. The molecule has 1 N–H and O–H groups in total. The van der Waals surface area contributed by atoms with E-state index in [1.807, 2.05) is 6.92 Å². The Bertz CT molecular complexity index is 574. The van der Waals surface area contributed by atoms with E-state index in [1.165, 1.54) is 36.2 Å². The molecule has 0 saturated heterocycles. The molecule has 0 aromatic carbocycles. The van der Waals surface area contributed by atoms with Gasteiger partial charge in [0.25, 0.3) is 0 Å². The summed E-state index contributed by atoms with van der Waals surface area (Å²) in [4.78, 5) is 2.16. The van der Waals surface area contributed by atoms with Gasteiger partial charge in [0, 0.05) is 19.2 Å². The zero-order chi connectivity index (χ0) is 13.9. The lowest BCUT2D eigenvalue weighted by Crippen LogP contribution is -2.18. The van der Waals surface area contributed by atoms with E-state index in [2.05, 4.69) is 32.3 Å². The van der Waals surface area contributed by atoms with Crippen LogP contribution in [0.4, 0.5) is 0 Å². The number of nitrogens with zero attached hydrogens (tertiary/aromatic N) is 4. The van der Waals surface area contributed by atoms with Gasteiger partial charge >= 0.3 is 0 Å². The van der Waals surface area contributed by atoms with Crippen LogP contribution in [0.2, 0.25) is 0 Å². The van der Waals surface area contributed by atoms with Gasteiger partial charge in [0.2, 0.25) is 11.8 Å². The molecule has 6 nitrogen and oxygen atoms in total. The van der Waals surface area contributed by atoms with Crippen molar-refractivity contribution in [2.45, 2.75) is 52.1 Å². The molecule has 0 bridgehead atoms. The Hall–Kier alpha value is -1.69. The van der Waals surface area contributed by atoms with Gasteiger partial charge in [-0.05, 0) is 38.3 Å². The van der Waals surface area contributed by atoms with Crippen molar-refractivity contribution in [3.63, 3.8) is 0 Å². The first-order valence-corrected chi connectivity index (χ1v) is 7.25. The molecule has 0 aliphatic heterocycles. The Morgan fingerprint density at radius 3 is 2.80 bits per heavy atom. The van der Waals surface area contributed by atoms with E-state index >= 15 is 0 Å². The average Bonchev–Trinajstić information content (AvgIpc) is 2.89. The molecule has 0 spiro atoms. The van der Waals surface area contributed by atoms with Crippen molar-refractivity contribution >= 4 is 0 Å². The van der Waals surface area contributed by atoms with E-state index in [0.29, 0.717) is 18.3 Å². The summed E-state index contributed by atoms with van der Waals surface area (Å²) in [5.74, 6) is 1.27. The maximum atomic E-state index is 5.41. The third-order valence-corrected chi connectivity index (χ3v) is 3.78. The van der Waals surface area contributed by atoms with Gasteiger partial charge in [-0.25, -0.2) is 0 Å². The number of hydrogen-bond acceptors (Lipinski definition) is 5. The summed E-state index contributed by atoms with van der Waals surface area (Å²) >= 11 is 0. The summed E-state index contributed by atoms with van der Waals surface area (Å²) in [6, 6.07) is 0. The highest BCUT2D eigenvalue weighted by Crippen LogP contribution is 2.22. The van der Waals surface area contributed by atoms with Crippen LogP contribution in [0.3, 0.4) is 0 Å². The summed E-state index contributed by atoms with van der Waals surface area (Å²) in [6.07, 6.45) is 6.14. The largest absolute Gasteiger partial charge is 0.424 e. The van der Waals surface area contributed by atoms with Crippen molar-refractivity contribution in [2.24, 2.45) is 0 Å². The second-order valence-electron chi connectivity index (χ2n) is 5.58. The Balaban J connectivity index is 1.66. The number of rotatable bonds is 4. The van der Waals surface area contributed by atoms with Crippen molar-refractivity contribution in [2.75, 3.05) is 7.05 Å². The van der Waals surface area contributed by atoms with E-state index in [0.717, 1.165) is 19.4 Å². The van der Waals surface area contributed by atoms with Crippen LogP contribution >= 0.6 is 0 Å². The molecule has 0 saturated carbocycles. The molecule has 1 aliphatic carbocycles. The normalized spacial score (nSPS) is 15.3. The highest BCUT2D eigenvalue weighted by molar-refractivity contribution is 5.26. The Morgan fingerprint density at radius 1 is 1.15 bits per heavy atom. The van der Waals surface area contributed by atoms with E-state index < -0.39 is 0 Å². The van der Waals surface area contributed by atoms with Gasteiger partial charge < -0.3 is 4.42 Å². The van der Waals surface area contributed by atoms with Crippen molar-refractivity contribution in [1.82, 2.24) is 25.3 Å². The molecule has 2 heterocycles. The van der Waals surface area contributed by atoms with E-state index in [9.17, 15) is 0 Å². The minimum Gasteiger partial charge on any atom is -0.424 e. The zero-order valence-electron chi connectivity index (χ0n) is 12.1. The highest BCUT2D eigenvalue weighted by atomic mass is 16.4. The third kappa shape index (κ3) is 2.90. The van der Waals surface area contributed by atoms with Gasteiger partial charge in [0.1, 0.15) is 0 Å². The van der Waals surface area contributed by atoms with Crippen LogP contribution < -0.4 is 0 Å². The standard InChI is InChI=1S/C14H21N5O/c1-10-15-18-14(20-10)9-19(2)8-13-11-6-4-3-5-7-12(11)16-17-13/h3-9H2,1-2H3,(H,16,17). The minimum atomic E-state index is 0.613. The van der Waals surface area contributed by atoms with Crippen molar-refractivity contribution in [1.29, 1.82) is 0 Å². The van der Waals surface area contributed by atoms with Crippen LogP contribution in [-0.4, -0.2) is 32.3 Å². The van der Waals surface area contributed by atoms with Crippen LogP contribution in [0.5, 0.6) is 0 Å². The quantitative estimate of drug-likeness (QED) is 0.864. The molecule has 0 radical (unpaired) electrons. The van der Waals surface area contributed by atoms with Crippen LogP contribution in [-0.2, 0) is 25.9 Å². The summed E-state index contributed by atoms with van der Waals surface area (Å²) in [6.45, 7) is 3.28. The van der Waals surface area contributed by atoms with E-state index in [4.69, 9.17) is 4.42 Å². The molecule has 6 heteroatoms. The smallest absolute Gasteiger partial charge is 0.230 e. The molecule has 0 fully saturated rings. The fraction of sp³-hybridized carbons (Fsp3) is 0.643. The number of nitrogens with one attached hydrogen (secondary N) is 1. The van der Waals surface area contributed by atoms with Gasteiger partial charge in [-0.2, -0.15) is 5.10 Å². The molecule has 0 atom stereocenters. The first-order chi connectivity index (χ1) is 9.72. The zero-order valence-corrected chi connectivity index (χ0v) is 12.1. The summed E-state index contributed by atoms with van der Waals surface area (Å²) in [7, 11) is 2.05. The van der Waals surface area contributed by atoms with Gasteiger partial charge in [-0.3, -0.25) is 10.00 Å². The van der Waals surface area contributed by atoms with Crippen LogP contribution in [0.15, 0.2) is 4.42 Å². The predicted octanol–water partition coefficient (Wildman–Crippen LogP) is 2.00. The maximum absolute atomic E-state index is 5.41. The second-order valence-corrected chi connectivity index (χ2v) is 5.58. The van der Waals surface area contributed by atoms with Crippen molar-refractivity contribution < 1.29 is 4.42 Å². The molecular weight excluding hydrogens is 254 g/mol. The lowest BCUT2D eigenvalue weighted by Gasteiger charge is -2.13.